The molecule has 2 aliphatic heterocycles. The lowest BCUT2D eigenvalue weighted by atomic mass is 10.2. The summed E-state index contributed by atoms with van der Waals surface area (Å²) in [7, 11) is 0. The Labute approximate surface area is 192 Å². The molecule has 1 atom stereocenters. The fourth-order valence-electron chi connectivity index (χ4n) is 4.42. The number of hydrogen-bond donors (Lipinski definition) is 1. The summed E-state index contributed by atoms with van der Waals surface area (Å²) in [6, 6.07) is 13.5. The third-order valence-electron chi connectivity index (χ3n) is 6.24. The molecule has 1 aromatic carbocycles. The van der Waals surface area contributed by atoms with E-state index in [0.717, 1.165) is 25.0 Å². The number of carbonyl (C=O) groups is 1. The Morgan fingerprint density at radius 1 is 1.09 bits per heavy atom. The Morgan fingerprint density at radius 3 is 2.67 bits per heavy atom. The van der Waals surface area contributed by atoms with E-state index < -0.39 is 0 Å². The molecule has 1 N–H and O–H groups in total. The molecule has 2 fully saturated rings. The number of urea groups is 1. The number of piperazine rings is 1. The normalized spacial score (nSPS) is 18.6. The van der Waals surface area contributed by atoms with Gasteiger partial charge in [-0.3, -0.25) is 9.36 Å². The minimum Gasteiger partial charge on any atom is -0.376 e. The zero-order chi connectivity index (χ0) is 22.6. The van der Waals surface area contributed by atoms with Gasteiger partial charge in [-0.25, -0.2) is 14.8 Å². The number of nitrogens with one attached hydrogen (secondary N) is 1. The predicted molar refractivity (Wildman–Crippen MR) is 126 cm³/mol. The van der Waals surface area contributed by atoms with E-state index in [1.807, 2.05) is 47.4 Å². The molecule has 9 heteroatoms. The summed E-state index contributed by atoms with van der Waals surface area (Å²) in [6.45, 7) is 3.90. The first kappa shape index (κ1) is 21.4. The lowest BCUT2D eigenvalue weighted by Crippen LogP contribution is -2.53. The van der Waals surface area contributed by atoms with Crippen molar-refractivity contribution >= 4 is 23.0 Å². The molecule has 0 aliphatic carbocycles. The molecule has 0 spiro atoms. The number of amides is 2. The van der Waals surface area contributed by atoms with Gasteiger partial charge in [0.05, 0.1) is 12.6 Å². The number of rotatable bonds is 5. The van der Waals surface area contributed by atoms with Crippen LogP contribution >= 0.6 is 0 Å². The highest BCUT2D eigenvalue weighted by atomic mass is 16.5. The summed E-state index contributed by atoms with van der Waals surface area (Å²) in [5.74, 6) is 0.408. The Hall–Kier alpha value is -3.46. The standard InChI is InChI=1S/C24H28N6O3/c31-23-22(28-11-13-29(14-12-28)24(32)26-16-19-8-5-15-33-19)27-20-9-4-10-25-21(20)30(23)17-18-6-2-1-3-7-18/h1-4,6-7,9-10,19H,5,8,11-17H2,(H,26,32). The molecule has 3 aromatic rings. The summed E-state index contributed by atoms with van der Waals surface area (Å²) < 4.78 is 7.26. The van der Waals surface area contributed by atoms with E-state index in [-0.39, 0.29) is 17.7 Å². The first-order valence-electron chi connectivity index (χ1n) is 11.5. The second-order valence-corrected chi connectivity index (χ2v) is 8.45. The molecule has 9 nitrogen and oxygen atoms in total. The Morgan fingerprint density at radius 2 is 1.91 bits per heavy atom. The largest absolute Gasteiger partial charge is 0.376 e. The summed E-state index contributed by atoms with van der Waals surface area (Å²) in [5, 5.41) is 2.97. The van der Waals surface area contributed by atoms with E-state index in [9.17, 15) is 9.59 Å². The van der Waals surface area contributed by atoms with Crippen LogP contribution in [0.4, 0.5) is 10.6 Å². The first-order valence-corrected chi connectivity index (χ1v) is 11.5. The smallest absolute Gasteiger partial charge is 0.317 e. The fraction of sp³-hybridized carbons (Fsp3) is 0.417. The highest BCUT2D eigenvalue weighted by Crippen LogP contribution is 2.16. The molecule has 2 aromatic heterocycles. The summed E-state index contributed by atoms with van der Waals surface area (Å²) in [5.41, 5.74) is 2.11. The Kier molecular flexibility index (Phi) is 6.21. The lowest BCUT2D eigenvalue weighted by molar-refractivity contribution is 0.108. The van der Waals surface area contributed by atoms with Gasteiger partial charge in [-0.05, 0) is 30.5 Å². The number of aromatic nitrogens is 3. The molecule has 5 rings (SSSR count). The van der Waals surface area contributed by atoms with Gasteiger partial charge in [-0.2, -0.15) is 0 Å². The Bertz CT molecular complexity index is 1170. The van der Waals surface area contributed by atoms with Crippen molar-refractivity contribution in [1.82, 2.24) is 24.8 Å². The number of hydrogen-bond acceptors (Lipinski definition) is 6. The molecule has 4 heterocycles. The third kappa shape index (κ3) is 4.68. The quantitative estimate of drug-likeness (QED) is 0.641. The van der Waals surface area contributed by atoms with Gasteiger partial charge in [0.25, 0.3) is 5.56 Å². The van der Waals surface area contributed by atoms with Crippen LogP contribution in [-0.4, -0.2) is 70.9 Å². The summed E-state index contributed by atoms with van der Waals surface area (Å²) in [6.07, 6.45) is 3.84. The van der Waals surface area contributed by atoms with Crippen molar-refractivity contribution in [3.63, 3.8) is 0 Å². The van der Waals surface area contributed by atoms with Crippen LogP contribution < -0.4 is 15.8 Å². The van der Waals surface area contributed by atoms with Gasteiger partial charge in [-0.1, -0.05) is 30.3 Å². The van der Waals surface area contributed by atoms with Crippen LogP contribution in [0.1, 0.15) is 18.4 Å². The van der Waals surface area contributed by atoms with E-state index >= 15 is 0 Å². The van der Waals surface area contributed by atoms with Crippen LogP contribution in [0.2, 0.25) is 0 Å². The van der Waals surface area contributed by atoms with Gasteiger partial charge >= 0.3 is 6.03 Å². The topological polar surface area (TPSA) is 92.6 Å². The number of pyridine rings is 1. The Balaban J connectivity index is 1.32. The third-order valence-corrected chi connectivity index (χ3v) is 6.24. The molecule has 172 valence electrons. The number of benzene rings is 1. The van der Waals surface area contributed by atoms with Crippen LogP contribution in [0.3, 0.4) is 0 Å². The van der Waals surface area contributed by atoms with Gasteiger partial charge in [0.2, 0.25) is 0 Å². The van der Waals surface area contributed by atoms with Crippen LogP contribution in [0.5, 0.6) is 0 Å². The van der Waals surface area contributed by atoms with Crippen molar-refractivity contribution in [2.75, 3.05) is 44.2 Å². The van der Waals surface area contributed by atoms with Gasteiger partial charge < -0.3 is 19.9 Å². The van der Waals surface area contributed by atoms with Gasteiger partial charge in [-0.15, -0.1) is 0 Å². The van der Waals surface area contributed by atoms with Gasteiger partial charge in [0.15, 0.2) is 11.5 Å². The maximum absolute atomic E-state index is 13.5. The van der Waals surface area contributed by atoms with E-state index in [1.165, 1.54) is 0 Å². The molecule has 2 saturated heterocycles. The van der Waals surface area contributed by atoms with Crippen LogP contribution in [0.15, 0.2) is 53.5 Å². The number of fused-ring (bicyclic) bond motifs is 1. The molecule has 33 heavy (non-hydrogen) atoms. The lowest BCUT2D eigenvalue weighted by Gasteiger charge is -2.35. The van der Waals surface area contributed by atoms with Crippen molar-refractivity contribution < 1.29 is 9.53 Å². The number of anilines is 1. The molecule has 2 aliphatic rings. The molecule has 0 bridgehead atoms. The molecular formula is C24H28N6O3. The maximum Gasteiger partial charge on any atom is 0.317 e. The average Bonchev–Trinajstić information content (AvgIpc) is 3.39. The summed E-state index contributed by atoms with van der Waals surface area (Å²) >= 11 is 0. The van der Waals surface area contributed by atoms with Gasteiger partial charge in [0.1, 0.15) is 5.52 Å². The number of ether oxygens (including phenoxy) is 1. The predicted octanol–water partition coefficient (Wildman–Crippen LogP) is 1.85. The fourth-order valence-corrected chi connectivity index (χ4v) is 4.42. The molecule has 1 unspecified atom stereocenters. The molecule has 0 radical (unpaired) electrons. The van der Waals surface area contributed by atoms with E-state index in [2.05, 4.69) is 15.3 Å². The molecule has 0 saturated carbocycles. The number of carbonyl (C=O) groups excluding carboxylic acids is 1. The maximum atomic E-state index is 13.5. The second kappa shape index (κ2) is 9.58. The number of nitrogens with zero attached hydrogens (tertiary/aromatic N) is 5. The van der Waals surface area contributed by atoms with E-state index in [1.54, 1.807) is 15.7 Å². The van der Waals surface area contributed by atoms with Crippen molar-refractivity contribution in [3.05, 3.63) is 64.6 Å². The van der Waals surface area contributed by atoms with E-state index in [0.29, 0.717) is 56.3 Å². The minimum absolute atomic E-state index is 0.0812. The van der Waals surface area contributed by atoms with Crippen molar-refractivity contribution in [2.45, 2.75) is 25.5 Å². The highest BCUT2D eigenvalue weighted by molar-refractivity contribution is 5.75. The van der Waals surface area contributed by atoms with Crippen molar-refractivity contribution in [3.8, 4) is 0 Å². The van der Waals surface area contributed by atoms with Crippen molar-refractivity contribution in [1.29, 1.82) is 0 Å². The monoisotopic (exact) mass is 448 g/mol. The second-order valence-electron chi connectivity index (χ2n) is 8.45. The molecule has 2 amide bonds. The van der Waals surface area contributed by atoms with Crippen molar-refractivity contribution in [2.24, 2.45) is 0 Å². The molecular weight excluding hydrogens is 420 g/mol. The zero-order valence-corrected chi connectivity index (χ0v) is 18.5. The van der Waals surface area contributed by atoms with Crippen LogP contribution in [0, 0.1) is 0 Å². The van der Waals surface area contributed by atoms with Gasteiger partial charge in [0, 0.05) is 45.5 Å². The average molecular weight is 449 g/mol. The van der Waals surface area contributed by atoms with Crippen LogP contribution in [-0.2, 0) is 11.3 Å². The van der Waals surface area contributed by atoms with E-state index in [4.69, 9.17) is 4.74 Å². The SMILES string of the molecule is O=C(NCC1CCCO1)N1CCN(c2nc3cccnc3n(Cc3ccccc3)c2=O)CC1. The summed E-state index contributed by atoms with van der Waals surface area (Å²) in [4.78, 5) is 38.8. The minimum atomic E-state index is -0.165. The first-order chi connectivity index (χ1) is 16.2. The van der Waals surface area contributed by atoms with Crippen LogP contribution in [0.25, 0.3) is 11.2 Å². The zero-order valence-electron chi connectivity index (χ0n) is 18.5. The highest BCUT2D eigenvalue weighted by Gasteiger charge is 2.26.